The highest BCUT2D eigenvalue weighted by molar-refractivity contribution is 5.79. The van der Waals surface area contributed by atoms with E-state index in [2.05, 4.69) is 60.8 Å². The molecule has 0 radical (unpaired) electrons. The Hall–Kier alpha value is -2.04. The average Bonchev–Trinajstić information content (AvgIpc) is 3.23. The summed E-state index contributed by atoms with van der Waals surface area (Å²) in [5, 5.41) is 3.18. The number of fused-ring (bicyclic) bond motifs is 1. The standard InChI is InChI=1S/C18H27N5/c1-5-16-21-14-10-12(11-20-17(19)22-18(2,3)4)6-9-15(14)23(16)13-7-8-13/h6,9-10,13H,5,7-8,11H2,1-4H3,(H3,19,20,22). The molecule has 1 aromatic carbocycles. The molecule has 2 aromatic rings. The Kier molecular flexibility index (Phi) is 4.04. The summed E-state index contributed by atoms with van der Waals surface area (Å²) in [7, 11) is 0. The van der Waals surface area contributed by atoms with Crippen molar-refractivity contribution in [1.82, 2.24) is 14.9 Å². The smallest absolute Gasteiger partial charge is 0.189 e. The first-order valence-corrected chi connectivity index (χ1v) is 8.45. The molecule has 1 aliphatic rings. The highest BCUT2D eigenvalue weighted by Gasteiger charge is 2.27. The summed E-state index contributed by atoms with van der Waals surface area (Å²) in [6.45, 7) is 8.95. The summed E-state index contributed by atoms with van der Waals surface area (Å²) in [6, 6.07) is 7.11. The van der Waals surface area contributed by atoms with Crippen LogP contribution in [0.3, 0.4) is 0 Å². The second kappa shape index (κ2) is 5.87. The number of aryl methyl sites for hydroxylation is 1. The van der Waals surface area contributed by atoms with Crippen molar-refractivity contribution in [2.24, 2.45) is 10.7 Å². The van der Waals surface area contributed by atoms with E-state index in [0.717, 1.165) is 17.5 Å². The molecule has 0 spiro atoms. The van der Waals surface area contributed by atoms with E-state index in [1.165, 1.54) is 24.2 Å². The van der Waals surface area contributed by atoms with Crippen molar-refractivity contribution in [3.63, 3.8) is 0 Å². The number of guanidine groups is 1. The Morgan fingerprint density at radius 3 is 2.74 bits per heavy atom. The lowest BCUT2D eigenvalue weighted by Crippen LogP contribution is -2.44. The van der Waals surface area contributed by atoms with E-state index in [1.807, 2.05) is 0 Å². The first kappa shape index (κ1) is 15.8. The van der Waals surface area contributed by atoms with Crippen LogP contribution in [-0.4, -0.2) is 21.0 Å². The number of nitrogens with one attached hydrogen (secondary N) is 1. The molecule has 1 heterocycles. The molecule has 5 heteroatoms. The fourth-order valence-electron chi connectivity index (χ4n) is 2.88. The zero-order valence-electron chi connectivity index (χ0n) is 14.6. The minimum Gasteiger partial charge on any atom is -0.370 e. The highest BCUT2D eigenvalue weighted by atomic mass is 15.1. The first-order valence-electron chi connectivity index (χ1n) is 8.45. The van der Waals surface area contributed by atoms with E-state index in [4.69, 9.17) is 10.7 Å². The van der Waals surface area contributed by atoms with Crippen molar-refractivity contribution in [3.05, 3.63) is 29.6 Å². The lowest BCUT2D eigenvalue weighted by atomic mass is 10.1. The molecule has 5 nitrogen and oxygen atoms in total. The number of hydrogen-bond acceptors (Lipinski definition) is 2. The number of nitrogens with two attached hydrogens (primary N) is 1. The number of rotatable bonds is 4. The lowest BCUT2D eigenvalue weighted by Gasteiger charge is -2.20. The van der Waals surface area contributed by atoms with Crippen LogP contribution in [0.25, 0.3) is 11.0 Å². The van der Waals surface area contributed by atoms with E-state index in [9.17, 15) is 0 Å². The SMILES string of the molecule is CCc1nc2cc(CN=C(N)NC(C)(C)C)ccc2n1C1CC1. The van der Waals surface area contributed by atoms with Gasteiger partial charge in [-0.2, -0.15) is 0 Å². The average molecular weight is 313 g/mol. The van der Waals surface area contributed by atoms with Gasteiger partial charge in [-0.3, -0.25) is 0 Å². The number of hydrogen-bond donors (Lipinski definition) is 2. The van der Waals surface area contributed by atoms with Crippen LogP contribution in [0, 0.1) is 0 Å². The van der Waals surface area contributed by atoms with Crippen molar-refractivity contribution in [2.75, 3.05) is 0 Å². The van der Waals surface area contributed by atoms with Gasteiger partial charge in [0.15, 0.2) is 5.96 Å². The molecule has 0 bridgehead atoms. The van der Waals surface area contributed by atoms with Gasteiger partial charge in [-0.25, -0.2) is 9.98 Å². The van der Waals surface area contributed by atoms with Gasteiger partial charge < -0.3 is 15.6 Å². The molecule has 0 saturated heterocycles. The summed E-state index contributed by atoms with van der Waals surface area (Å²) in [4.78, 5) is 9.24. The summed E-state index contributed by atoms with van der Waals surface area (Å²) >= 11 is 0. The Morgan fingerprint density at radius 2 is 2.13 bits per heavy atom. The fourth-order valence-corrected chi connectivity index (χ4v) is 2.88. The number of aromatic nitrogens is 2. The summed E-state index contributed by atoms with van der Waals surface area (Å²) in [5.74, 6) is 1.67. The molecule has 0 atom stereocenters. The van der Waals surface area contributed by atoms with E-state index < -0.39 is 0 Å². The quantitative estimate of drug-likeness (QED) is 0.673. The van der Waals surface area contributed by atoms with E-state index >= 15 is 0 Å². The maximum absolute atomic E-state index is 5.94. The molecule has 1 saturated carbocycles. The largest absolute Gasteiger partial charge is 0.370 e. The molecule has 124 valence electrons. The minimum atomic E-state index is -0.0728. The molecule has 0 aliphatic heterocycles. The molecule has 23 heavy (non-hydrogen) atoms. The zero-order valence-corrected chi connectivity index (χ0v) is 14.6. The van der Waals surface area contributed by atoms with Crippen LogP contribution in [0.5, 0.6) is 0 Å². The minimum absolute atomic E-state index is 0.0728. The highest BCUT2D eigenvalue weighted by Crippen LogP contribution is 2.38. The van der Waals surface area contributed by atoms with Crippen molar-refractivity contribution < 1.29 is 0 Å². The van der Waals surface area contributed by atoms with Crippen LogP contribution in [0.4, 0.5) is 0 Å². The third-order valence-electron chi connectivity index (χ3n) is 3.99. The number of benzene rings is 1. The van der Waals surface area contributed by atoms with Crippen molar-refractivity contribution in [3.8, 4) is 0 Å². The topological polar surface area (TPSA) is 68.2 Å². The van der Waals surface area contributed by atoms with Crippen molar-refractivity contribution >= 4 is 17.0 Å². The Labute approximate surface area is 138 Å². The first-order chi connectivity index (χ1) is 10.9. The van der Waals surface area contributed by atoms with Crippen LogP contribution < -0.4 is 11.1 Å². The van der Waals surface area contributed by atoms with Crippen LogP contribution in [0.2, 0.25) is 0 Å². The molecule has 3 N–H and O–H groups in total. The molecular weight excluding hydrogens is 286 g/mol. The fraction of sp³-hybridized carbons (Fsp3) is 0.556. The van der Waals surface area contributed by atoms with Crippen LogP contribution >= 0.6 is 0 Å². The number of aliphatic imine (C=N–C) groups is 1. The van der Waals surface area contributed by atoms with E-state index in [0.29, 0.717) is 18.5 Å². The van der Waals surface area contributed by atoms with Gasteiger partial charge in [0.1, 0.15) is 5.82 Å². The van der Waals surface area contributed by atoms with Gasteiger partial charge in [0, 0.05) is 18.0 Å². The predicted molar refractivity (Wildman–Crippen MR) is 95.6 cm³/mol. The molecular formula is C18H27N5. The Morgan fingerprint density at radius 1 is 1.39 bits per heavy atom. The number of nitrogens with zero attached hydrogens (tertiary/aromatic N) is 3. The van der Waals surface area contributed by atoms with Gasteiger partial charge in [0.05, 0.1) is 17.6 Å². The second-order valence-corrected chi connectivity index (χ2v) is 7.38. The molecule has 1 aliphatic carbocycles. The monoisotopic (exact) mass is 313 g/mol. The van der Waals surface area contributed by atoms with Crippen LogP contribution in [0.15, 0.2) is 23.2 Å². The maximum Gasteiger partial charge on any atom is 0.189 e. The number of imidazole rings is 1. The zero-order chi connectivity index (χ0) is 16.6. The second-order valence-electron chi connectivity index (χ2n) is 7.38. The van der Waals surface area contributed by atoms with Crippen molar-refractivity contribution in [2.45, 2.75) is 65.1 Å². The normalized spacial score (nSPS) is 16.1. The predicted octanol–water partition coefficient (Wildman–Crippen LogP) is 3.14. The van der Waals surface area contributed by atoms with Gasteiger partial charge in [-0.05, 0) is 51.3 Å². The summed E-state index contributed by atoms with van der Waals surface area (Å²) < 4.78 is 2.41. The van der Waals surface area contributed by atoms with Gasteiger partial charge in [0.2, 0.25) is 0 Å². The third-order valence-corrected chi connectivity index (χ3v) is 3.99. The lowest BCUT2D eigenvalue weighted by molar-refractivity contribution is 0.508. The van der Waals surface area contributed by atoms with Gasteiger partial charge in [0.25, 0.3) is 0 Å². The summed E-state index contributed by atoms with van der Waals surface area (Å²) in [5.41, 5.74) is 9.32. The molecule has 0 amide bonds. The van der Waals surface area contributed by atoms with Gasteiger partial charge in [-0.1, -0.05) is 13.0 Å². The Balaban J connectivity index is 1.82. The molecule has 1 fully saturated rings. The van der Waals surface area contributed by atoms with Gasteiger partial charge >= 0.3 is 0 Å². The van der Waals surface area contributed by atoms with Crippen LogP contribution in [-0.2, 0) is 13.0 Å². The molecule has 3 rings (SSSR count). The third kappa shape index (κ3) is 3.66. The maximum atomic E-state index is 5.94. The summed E-state index contributed by atoms with van der Waals surface area (Å²) in [6.07, 6.45) is 3.53. The molecule has 0 unspecified atom stereocenters. The Bertz CT molecular complexity index is 732. The van der Waals surface area contributed by atoms with Crippen LogP contribution in [0.1, 0.15) is 58.0 Å². The van der Waals surface area contributed by atoms with Crippen molar-refractivity contribution in [1.29, 1.82) is 0 Å². The van der Waals surface area contributed by atoms with E-state index in [-0.39, 0.29) is 5.54 Å². The molecule has 1 aromatic heterocycles. The van der Waals surface area contributed by atoms with Gasteiger partial charge in [-0.15, -0.1) is 0 Å². The van der Waals surface area contributed by atoms with E-state index in [1.54, 1.807) is 0 Å².